The highest BCUT2D eigenvalue weighted by atomic mass is 15.3. The van der Waals surface area contributed by atoms with Crippen LogP contribution in [0.15, 0.2) is 36.5 Å². The summed E-state index contributed by atoms with van der Waals surface area (Å²) in [6, 6.07) is 10.1. The van der Waals surface area contributed by atoms with Crippen molar-refractivity contribution < 1.29 is 0 Å². The van der Waals surface area contributed by atoms with Crippen LogP contribution in [0.4, 0.5) is 5.82 Å². The molecule has 2 heterocycles. The van der Waals surface area contributed by atoms with Gasteiger partial charge < -0.3 is 5.73 Å². The Hall–Kier alpha value is -2.43. The summed E-state index contributed by atoms with van der Waals surface area (Å²) in [6.45, 7) is 2.51. The van der Waals surface area contributed by atoms with Crippen molar-refractivity contribution in [3.8, 4) is 0 Å². The van der Waals surface area contributed by atoms with E-state index in [0.717, 1.165) is 11.0 Å². The van der Waals surface area contributed by atoms with E-state index in [1.807, 2.05) is 29.8 Å². The fraction of sp³-hybridized carbons (Fsp3) is 0.154. The Morgan fingerprint density at radius 1 is 1.17 bits per heavy atom. The van der Waals surface area contributed by atoms with Crippen molar-refractivity contribution in [1.82, 2.24) is 19.7 Å². The van der Waals surface area contributed by atoms with Crippen LogP contribution in [0.3, 0.4) is 0 Å². The molecule has 0 aliphatic carbocycles. The average Bonchev–Trinajstić information content (AvgIpc) is 2.74. The zero-order valence-corrected chi connectivity index (χ0v) is 10.0. The number of rotatable bonds is 2. The summed E-state index contributed by atoms with van der Waals surface area (Å²) in [5, 5.41) is 5.13. The molecule has 5 nitrogen and oxygen atoms in total. The largest absolute Gasteiger partial charge is 0.383 e. The SMILES string of the molecule is Cc1nc(N)c2cnn(Cc3ccccc3)c2n1. The van der Waals surface area contributed by atoms with E-state index in [1.165, 1.54) is 5.56 Å². The van der Waals surface area contributed by atoms with E-state index >= 15 is 0 Å². The summed E-state index contributed by atoms with van der Waals surface area (Å²) in [4.78, 5) is 8.54. The fourth-order valence-electron chi connectivity index (χ4n) is 1.96. The Kier molecular flexibility index (Phi) is 2.44. The summed E-state index contributed by atoms with van der Waals surface area (Å²) in [6.07, 6.45) is 1.72. The molecule has 2 aromatic heterocycles. The number of nitrogens with two attached hydrogens (primary N) is 1. The molecule has 2 N–H and O–H groups in total. The van der Waals surface area contributed by atoms with Gasteiger partial charge in [-0.2, -0.15) is 5.10 Å². The Labute approximate surface area is 104 Å². The average molecular weight is 239 g/mol. The van der Waals surface area contributed by atoms with Gasteiger partial charge in [0, 0.05) is 0 Å². The number of benzene rings is 1. The van der Waals surface area contributed by atoms with E-state index in [2.05, 4.69) is 27.2 Å². The Bertz CT molecular complexity index is 687. The molecule has 18 heavy (non-hydrogen) atoms. The van der Waals surface area contributed by atoms with Crippen LogP contribution in [0.2, 0.25) is 0 Å². The molecule has 0 saturated heterocycles. The summed E-state index contributed by atoms with van der Waals surface area (Å²) in [5.41, 5.74) is 7.82. The zero-order chi connectivity index (χ0) is 12.5. The minimum atomic E-state index is 0.483. The van der Waals surface area contributed by atoms with Crippen LogP contribution < -0.4 is 5.73 Å². The van der Waals surface area contributed by atoms with E-state index in [1.54, 1.807) is 6.20 Å². The van der Waals surface area contributed by atoms with Crippen LogP contribution in [0.25, 0.3) is 11.0 Å². The van der Waals surface area contributed by atoms with Crippen LogP contribution >= 0.6 is 0 Å². The number of nitrogens with zero attached hydrogens (tertiary/aromatic N) is 4. The lowest BCUT2D eigenvalue weighted by molar-refractivity contribution is 0.702. The Morgan fingerprint density at radius 2 is 1.94 bits per heavy atom. The predicted molar refractivity (Wildman–Crippen MR) is 70.0 cm³/mol. The van der Waals surface area contributed by atoms with E-state index in [-0.39, 0.29) is 0 Å². The second-order valence-electron chi connectivity index (χ2n) is 4.18. The normalized spacial score (nSPS) is 10.9. The molecule has 5 heteroatoms. The molecule has 0 aliphatic heterocycles. The van der Waals surface area contributed by atoms with Gasteiger partial charge in [-0.15, -0.1) is 0 Å². The smallest absolute Gasteiger partial charge is 0.163 e. The van der Waals surface area contributed by atoms with Crippen molar-refractivity contribution in [3.05, 3.63) is 47.9 Å². The minimum absolute atomic E-state index is 0.483. The zero-order valence-electron chi connectivity index (χ0n) is 10.0. The summed E-state index contributed by atoms with van der Waals surface area (Å²) in [5.74, 6) is 1.15. The van der Waals surface area contributed by atoms with E-state index in [4.69, 9.17) is 5.73 Å². The van der Waals surface area contributed by atoms with Crippen LogP contribution in [0, 0.1) is 6.92 Å². The van der Waals surface area contributed by atoms with Crippen LogP contribution in [0.5, 0.6) is 0 Å². The molecule has 0 radical (unpaired) electrons. The fourth-order valence-corrected chi connectivity index (χ4v) is 1.96. The lowest BCUT2D eigenvalue weighted by atomic mass is 10.2. The number of hydrogen-bond donors (Lipinski definition) is 1. The molecule has 0 amide bonds. The lowest BCUT2D eigenvalue weighted by Gasteiger charge is -2.04. The monoisotopic (exact) mass is 239 g/mol. The third-order valence-corrected chi connectivity index (χ3v) is 2.81. The molecule has 90 valence electrons. The van der Waals surface area contributed by atoms with Gasteiger partial charge in [0.05, 0.1) is 18.1 Å². The molecule has 1 aromatic carbocycles. The van der Waals surface area contributed by atoms with Crippen molar-refractivity contribution in [3.63, 3.8) is 0 Å². The molecular weight excluding hydrogens is 226 g/mol. The number of aromatic nitrogens is 4. The van der Waals surface area contributed by atoms with Gasteiger partial charge in [-0.05, 0) is 12.5 Å². The van der Waals surface area contributed by atoms with Crippen LogP contribution in [0.1, 0.15) is 11.4 Å². The van der Waals surface area contributed by atoms with Crippen molar-refractivity contribution in [1.29, 1.82) is 0 Å². The van der Waals surface area contributed by atoms with Gasteiger partial charge in [0.2, 0.25) is 0 Å². The summed E-state index contributed by atoms with van der Waals surface area (Å²) < 4.78 is 1.84. The molecule has 0 unspecified atom stereocenters. The maximum atomic E-state index is 5.86. The maximum absolute atomic E-state index is 5.86. The van der Waals surface area contributed by atoms with Crippen molar-refractivity contribution in [2.45, 2.75) is 13.5 Å². The Balaban J connectivity index is 2.08. The number of nitrogen functional groups attached to an aromatic ring is 1. The van der Waals surface area contributed by atoms with Crippen LogP contribution in [-0.2, 0) is 6.54 Å². The highest BCUT2D eigenvalue weighted by Gasteiger charge is 2.09. The minimum Gasteiger partial charge on any atom is -0.383 e. The first-order chi connectivity index (χ1) is 8.74. The van der Waals surface area contributed by atoms with Crippen molar-refractivity contribution >= 4 is 16.9 Å². The predicted octanol–water partition coefficient (Wildman–Crippen LogP) is 1.77. The van der Waals surface area contributed by atoms with E-state index in [9.17, 15) is 0 Å². The lowest BCUT2D eigenvalue weighted by Crippen LogP contribution is -2.04. The summed E-state index contributed by atoms with van der Waals surface area (Å²) >= 11 is 0. The molecule has 0 aliphatic rings. The van der Waals surface area contributed by atoms with E-state index < -0.39 is 0 Å². The number of fused-ring (bicyclic) bond motifs is 1. The van der Waals surface area contributed by atoms with Crippen molar-refractivity contribution in [2.75, 3.05) is 5.73 Å². The molecule has 0 spiro atoms. The molecular formula is C13H13N5. The Morgan fingerprint density at radius 3 is 2.72 bits per heavy atom. The third kappa shape index (κ3) is 1.79. The van der Waals surface area contributed by atoms with Gasteiger partial charge >= 0.3 is 0 Å². The highest BCUT2D eigenvalue weighted by molar-refractivity contribution is 5.85. The molecule has 3 aromatic rings. The molecule has 0 bridgehead atoms. The summed E-state index contributed by atoms with van der Waals surface area (Å²) in [7, 11) is 0. The first-order valence-corrected chi connectivity index (χ1v) is 5.73. The van der Waals surface area contributed by atoms with Gasteiger partial charge in [-0.1, -0.05) is 30.3 Å². The molecule has 0 saturated carbocycles. The van der Waals surface area contributed by atoms with Crippen LogP contribution in [-0.4, -0.2) is 19.7 Å². The number of anilines is 1. The molecule has 0 atom stereocenters. The third-order valence-electron chi connectivity index (χ3n) is 2.81. The van der Waals surface area contributed by atoms with Gasteiger partial charge in [-0.3, -0.25) is 0 Å². The van der Waals surface area contributed by atoms with E-state index in [0.29, 0.717) is 18.2 Å². The maximum Gasteiger partial charge on any atom is 0.163 e. The van der Waals surface area contributed by atoms with Crippen molar-refractivity contribution in [2.24, 2.45) is 0 Å². The highest BCUT2D eigenvalue weighted by Crippen LogP contribution is 2.17. The first kappa shape index (κ1) is 10.7. The van der Waals surface area contributed by atoms with Gasteiger partial charge in [-0.25, -0.2) is 14.6 Å². The first-order valence-electron chi connectivity index (χ1n) is 5.73. The topological polar surface area (TPSA) is 69.6 Å². The number of hydrogen-bond acceptors (Lipinski definition) is 4. The quantitative estimate of drug-likeness (QED) is 0.739. The molecule has 0 fully saturated rings. The standard InChI is InChI=1S/C13H13N5/c1-9-16-12(14)11-7-15-18(13(11)17-9)8-10-5-3-2-4-6-10/h2-7H,8H2,1H3,(H2,14,16,17). The second-order valence-corrected chi connectivity index (χ2v) is 4.18. The number of aryl methyl sites for hydroxylation is 1. The molecule has 3 rings (SSSR count). The van der Waals surface area contributed by atoms with Gasteiger partial charge in [0.25, 0.3) is 0 Å². The van der Waals surface area contributed by atoms with Gasteiger partial charge in [0.1, 0.15) is 11.6 Å². The second kappa shape index (κ2) is 4.10. The van der Waals surface area contributed by atoms with Gasteiger partial charge in [0.15, 0.2) is 5.65 Å².